The quantitative estimate of drug-likeness (QED) is 0.228. The number of hydrogen-bond donors (Lipinski definition) is 2. The highest BCUT2D eigenvalue weighted by Crippen LogP contribution is 2.13. The standard InChI is InChI=1S/C22H35N7.HI/c1-3-27-14-16-28(17-15-27)19-21-9-5-4-8-20(21)18-25-22(23-2)24-10-6-12-29-13-7-11-26-29;/h4-5,7-9,11,13H,3,6,10,12,14-19H2,1-2H3,(H2,23,24,25);1H. The first kappa shape index (κ1) is 24.6. The summed E-state index contributed by atoms with van der Waals surface area (Å²) in [4.78, 5) is 9.44. The summed E-state index contributed by atoms with van der Waals surface area (Å²) in [6.45, 7) is 11.6. The minimum Gasteiger partial charge on any atom is -0.356 e. The van der Waals surface area contributed by atoms with Gasteiger partial charge in [0.15, 0.2) is 5.96 Å². The van der Waals surface area contributed by atoms with Crippen LogP contribution in [0.4, 0.5) is 0 Å². The lowest BCUT2D eigenvalue weighted by Crippen LogP contribution is -2.45. The van der Waals surface area contributed by atoms with Crippen molar-refractivity contribution in [3.63, 3.8) is 0 Å². The van der Waals surface area contributed by atoms with Gasteiger partial charge in [-0.25, -0.2) is 0 Å². The van der Waals surface area contributed by atoms with Gasteiger partial charge in [-0.15, -0.1) is 24.0 Å². The topological polar surface area (TPSA) is 60.7 Å². The van der Waals surface area contributed by atoms with Gasteiger partial charge in [0.1, 0.15) is 0 Å². The van der Waals surface area contributed by atoms with E-state index < -0.39 is 0 Å². The van der Waals surface area contributed by atoms with Crippen molar-refractivity contribution < 1.29 is 0 Å². The van der Waals surface area contributed by atoms with Gasteiger partial charge in [-0.3, -0.25) is 14.6 Å². The molecule has 0 bridgehead atoms. The Bertz CT molecular complexity index is 740. The third-order valence-corrected chi connectivity index (χ3v) is 5.51. The second kappa shape index (κ2) is 13.6. The summed E-state index contributed by atoms with van der Waals surface area (Å²) in [7, 11) is 1.82. The molecule has 3 rings (SSSR count). The van der Waals surface area contributed by atoms with E-state index in [9.17, 15) is 0 Å². The summed E-state index contributed by atoms with van der Waals surface area (Å²) in [5.41, 5.74) is 2.74. The van der Waals surface area contributed by atoms with Gasteiger partial charge in [0.05, 0.1) is 0 Å². The molecule has 1 aromatic heterocycles. The third-order valence-electron chi connectivity index (χ3n) is 5.51. The van der Waals surface area contributed by atoms with Crippen LogP contribution in [0.5, 0.6) is 0 Å². The highest BCUT2D eigenvalue weighted by molar-refractivity contribution is 14.0. The summed E-state index contributed by atoms with van der Waals surface area (Å²) in [5, 5.41) is 11.1. The Morgan fingerprint density at radius 3 is 2.43 bits per heavy atom. The summed E-state index contributed by atoms with van der Waals surface area (Å²) in [5.74, 6) is 0.844. The van der Waals surface area contributed by atoms with Gasteiger partial charge in [0.2, 0.25) is 0 Å². The van der Waals surface area contributed by atoms with Gasteiger partial charge in [0, 0.05) is 71.8 Å². The maximum atomic E-state index is 4.36. The zero-order valence-electron chi connectivity index (χ0n) is 18.3. The maximum Gasteiger partial charge on any atom is 0.191 e. The molecule has 0 amide bonds. The van der Waals surface area contributed by atoms with Crippen molar-refractivity contribution in [1.29, 1.82) is 0 Å². The van der Waals surface area contributed by atoms with E-state index in [0.717, 1.165) is 58.2 Å². The van der Waals surface area contributed by atoms with E-state index in [1.54, 1.807) is 0 Å². The first-order valence-corrected chi connectivity index (χ1v) is 10.7. The Kier molecular flexibility index (Phi) is 11.2. The molecule has 2 aromatic rings. The first-order valence-electron chi connectivity index (χ1n) is 10.7. The lowest BCUT2D eigenvalue weighted by Gasteiger charge is -2.34. The number of rotatable bonds is 9. The number of hydrogen-bond acceptors (Lipinski definition) is 4. The van der Waals surface area contributed by atoms with Gasteiger partial charge >= 0.3 is 0 Å². The van der Waals surface area contributed by atoms with Crippen molar-refractivity contribution >= 4 is 29.9 Å². The van der Waals surface area contributed by atoms with Crippen LogP contribution in [0.1, 0.15) is 24.5 Å². The van der Waals surface area contributed by atoms with Crippen LogP contribution in [0.15, 0.2) is 47.7 Å². The number of benzene rings is 1. The molecule has 0 unspecified atom stereocenters. The molecule has 0 spiro atoms. The Morgan fingerprint density at radius 2 is 1.77 bits per heavy atom. The molecule has 0 radical (unpaired) electrons. The van der Waals surface area contributed by atoms with E-state index in [4.69, 9.17) is 0 Å². The molecule has 30 heavy (non-hydrogen) atoms. The number of piperazine rings is 1. The normalized spacial score (nSPS) is 15.6. The predicted octanol–water partition coefficient (Wildman–Crippen LogP) is 2.39. The van der Waals surface area contributed by atoms with Crippen molar-refractivity contribution in [3.05, 3.63) is 53.9 Å². The molecule has 1 saturated heterocycles. The first-order chi connectivity index (χ1) is 14.3. The number of aromatic nitrogens is 2. The average molecular weight is 525 g/mol. The van der Waals surface area contributed by atoms with Crippen LogP contribution >= 0.6 is 24.0 Å². The average Bonchev–Trinajstić information content (AvgIpc) is 3.28. The summed E-state index contributed by atoms with van der Waals surface area (Å²) >= 11 is 0. The fourth-order valence-electron chi connectivity index (χ4n) is 3.67. The fourth-order valence-corrected chi connectivity index (χ4v) is 3.67. The van der Waals surface area contributed by atoms with Crippen LogP contribution in [0.2, 0.25) is 0 Å². The second-order valence-corrected chi connectivity index (χ2v) is 7.45. The van der Waals surface area contributed by atoms with Crippen molar-refractivity contribution in [3.8, 4) is 0 Å². The van der Waals surface area contributed by atoms with Crippen LogP contribution < -0.4 is 10.6 Å². The van der Waals surface area contributed by atoms with E-state index in [1.165, 1.54) is 24.2 Å². The lowest BCUT2D eigenvalue weighted by molar-refractivity contribution is 0.131. The molecular weight excluding hydrogens is 489 g/mol. The zero-order valence-corrected chi connectivity index (χ0v) is 20.6. The number of guanidine groups is 1. The highest BCUT2D eigenvalue weighted by Gasteiger charge is 2.16. The maximum absolute atomic E-state index is 4.36. The number of halogens is 1. The molecule has 166 valence electrons. The SMILES string of the molecule is CCN1CCN(Cc2ccccc2CNC(=NC)NCCCn2cccn2)CC1.I. The van der Waals surface area contributed by atoms with Crippen molar-refractivity contribution in [2.24, 2.45) is 4.99 Å². The minimum absolute atomic E-state index is 0. The molecule has 8 heteroatoms. The number of nitrogens with one attached hydrogen (secondary N) is 2. The largest absolute Gasteiger partial charge is 0.356 e. The molecule has 0 saturated carbocycles. The molecule has 1 fully saturated rings. The van der Waals surface area contributed by atoms with Crippen LogP contribution in [-0.4, -0.2) is 71.9 Å². The Hall–Kier alpha value is -1.65. The third kappa shape index (κ3) is 7.88. The van der Waals surface area contributed by atoms with Gasteiger partial charge in [-0.2, -0.15) is 5.10 Å². The summed E-state index contributed by atoms with van der Waals surface area (Å²) < 4.78 is 1.95. The predicted molar refractivity (Wildman–Crippen MR) is 134 cm³/mol. The molecule has 2 N–H and O–H groups in total. The van der Waals surface area contributed by atoms with Gasteiger partial charge in [-0.05, 0) is 30.2 Å². The van der Waals surface area contributed by atoms with E-state index in [1.807, 2.05) is 30.2 Å². The Labute approximate surface area is 197 Å². The van der Waals surface area contributed by atoms with E-state index in [-0.39, 0.29) is 24.0 Å². The lowest BCUT2D eigenvalue weighted by atomic mass is 10.1. The van der Waals surface area contributed by atoms with E-state index in [0.29, 0.717) is 0 Å². The number of likely N-dealkylation sites (N-methyl/N-ethyl adjacent to an activating group) is 1. The van der Waals surface area contributed by atoms with Crippen molar-refractivity contribution in [2.45, 2.75) is 33.0 Å². The zero-order chi connectivity index (χ0) is 20.3. The van der Waals surface area contributed by atoms with Crippen LogP contribution in [0.25, 0.3) is 0 Å². The number of aryl methyl sites for hydroxylation is 1. The molecule has 0 aliphatic carbocycles. The number of aliphatic imine (C=N–C) groups is 1. The summed E-state index contributed by atoms with van der Waals surface area (Å²) in [6.07, 6.45) is 4.81. The molecular formula is C22H36IN7. The van der Waals surface area contributed by atoms with Crippen LogP contribution in [0.3, 0.4) is 0 Å². The minimum atomic E-state index is 0. The molecule has 1 aromatic carbocycles. The Balaban J connectivity index is 0.00000320. The fraction of sp³-hybridized carbons (Fsp3) is 0.545. The molecule has 1 aliphatic heterocycles. The smallest absolute Gasteiger partial charge is 0.191 e. The highest BCUT2D eigenvalue weighted by atomic mass is 127. The molecule has 1 aliphatic rings. The van der Waals surface area contributed by atoms with Gasteiger partial charge in [0.25, 0.3) is 0 Å². The molecule has 2 heterocycles. The van der Waals surface area contributed by atoms with Gasteiger partial charge < -0.3 is 15.5 Å². The van der Waals surface area contributed by atoms with Crippen molar-refractivity contribution in [2.75, 3.05) is 46.3 Å². The van der Waals surface area contributed by atoms with Crippen LogP contribution in [-0.2, 0) is 19.6 Å². The van der Waals surface area contributed by atoms with E-state index in [2.05, 4.69) is 61.7 Å². The molecule has 7 nitrogen and oxygen atoms in total. The monoisotopic (exact) mass is 525 g/mol. The number of nitrogens with zero attached hydrogens (tertiary/aromatic N) is 5. The Morgan fingerprint density at radius 1 is 1.03 bits per heavy atom. The van der Waals surface area contributed by atoms with Crippen molar-refractivity contribution in [1.82, 2.24) is 30.2 Å². The molecule has 0 atom stereocenters. The second-order valence-electron chi connectivity index (χ2n) is 7.45. The van der Waals surface area contributed by atoms with Gasteiger partial charge in [-0.1, -0.05) is 31.2 Å². The van der Waals surface area contributed by atoms with Crippen LogP contribution in [0, 0.1) is 0 Å². The van der Waals surface area contributed by atoms with E-state index >= 15 is 0 Å². The summed E-state index contributed by atoms with van der Waals surface area (Å²) in [6, 6.07) is 10.7.